The van der Waals surface area contributed by atoms with Gasteiger partial charge in [0.25, 0.3) is 5.91 Å². The van der Waals surface area contributed by atoms with Crippen molar-refractivity contribution >= 4 is 23.5 Å². The molecule has 5 atom stereocenters. The van der Waals surface area contributed by atoms with Crippen LogP contribution in [0.15, 0.2) is 12.7 Å². The average molecular weight is 445 g/mol. The maximum absolute atomic E-state index is 13.4. The van der Waals surface area contributed by atoms with Gasteiger partial charge in [-0.2, -0.15) is 0 Å². The summed E-state index contributed by atoms with van der Waals surface area (Å²) in [5.41, 5.74) is 5.65. The fraction of sp³-hybridized carbons (Fsp3) is 0.667. The van der Waals surface area contributed by atoms with Gasteiger partial charge in [-0.1, -0.05) is 40.7 Å². The lowest BCUT2D eigenvalue weighted by atomic mass is 9.86. The number of nitrogens with zero attached hydrogens (tertiary/aromatic N) is 1. The summed E-state index contributed by atoms with van der Waals surface area (Å²) in [6.07, 6.45) is 7.13. The molecule has 8 heteroatoms. The van der Waals surface area contributed by atoms with Gasteiger partial charge in [-0.3, -0.25) is 19.2 Å². The second-order valence-corrected chi connectivity index (χ2v) is 10.4. The minimum absolute atomic E-state index is 0.0309. The molecular formula is C24H36N4O4. The highest BCUT2D eigenvalue weighted by Crippen LogP contribution is 2.65. The van der Waals surface area contributed by atoms with E-state index in [9.17, 15) is 19.2 Å². The third-order valence-corrected chi connectivity index (χ3v) is 6.80. The number of rotatable bonds is 9. The Morgan fingerprint density at radius 3 is 2.47 bits per heavy atom. The lowest BCUT2D eigenvalue weighted by Crippen LogP contribution is -2.59. The molecule has 1 saturated carbocycles. The molecule has 0 spiro atoms. The molecule has 0 radical (unpaired) electrons. The lowest BCUT2D eigenvalue weighted by Gasteiger charge is -2.36. The Bertz CT molecular complexity index is 836. The van der Waals surface area contributed by atoms with Gasteiger partial charge in [-0.05, 0) is 29.1 Å². The number of carbonyl (C=O) groups excluding carboxylic acids is 4. The summed E-state index contributed by atoms with van der Waals surface area (Å²) in [5.74, 6) is 0.265. The van der Waals surface area contributed by atoms with Crippen molar-refractivity contribution in [3.63, 3.8) is 0 Å². The molecule has 2 rings (SSSR count). The van der Waals surface area contributed by atoms with Gasteiger partial charge in [-0.15, -0.1) is 18.9 Å². The molecule has 1 heterocycles. The molecule has 0 bridgehead atoms. The Labute approximate surface area is 190 Å². The minimum Gasteiger partial charge on any atom is -0.346 e. The summed E-state index contributed by atoms with van der Waals surface area (Å²) >= 11 is 0. The van der Waals surface area contributed by atoms with E-state index in [4.69, 9.17) is 12.2 Å². The summed E-state index contributed by atoms with van der Waals surface area (Å²) in [4.78, 5) is 52.9. The van der Waals surface area contributed by atoms with E-state index in [1.54, 1.807) is 4.90 Å². The fourth-order valence-electron chi connectivity index (χ4n) is 4.53. The van der Waals surface area contributed by atoms with Gasteiger partial charge < -0.3 is 21.3 Å². The maximum atomic E-state index is 13.4. The predicted octanol–water partition coefficient (Wildman–Crippen LogP) is 0.612. The molecule has 1 saturated heterocycles. The Balaban J connectivity index is 2.24. The lowest BCUT2D eigenvalue weighted by molar-refractivity contribution is -0.144. The van der Waals surface area contributed by atoms with E-state index in [1.807, 2.05) is 20.8 Å². The Morgan fingerprint density at radius 2 is 1.94 bits per heavy atom. The summed E-state index contributed by atoms with van der Waals surface area (Å²) < 4.78 is 0. The number of carbonyl (C=O) groups is 4. The van der Waals surface area contributed by atoms with Crippen molar-refractivity contribution in [3.05, 3.63) is 12.7 Å². The average Bonchev–Trinajstić information content (AvgIpc) is 3.05. The van der Waals surface area contributed by atoms with E-state index in [1.165, 1.54) is 6.08 Å². The summed E-state index contributed by atoms with van der Waals surface area (Å²) in [6, 6.07) is -2.58. The van der Waals surface area contributed by atoms with Crippen LogP contribution in [0.1, 0.15) is 47.5 Å². The molecule has 0 aromatic heterocycles. The largest absolute Gasteiger partial charge is 0.346 e. The summed E-state index contributed by atoms with van der Waals surface area (Å²) in [5, 5.41) is 5.13. The van der Waals surface area contributed by atoms with Crippen molar-refractivity contribution in [3.8, 4) is 12.3 Å². The number of nitrogens with one attached hydrogen (secondary N) is 2. The molecular weight excluding hydrogens is 408 g/mol. The summed E-state index contributed by atoms with van der Waals surface area (Å²) in [7, 11) is 0. The van der Waals surface area contributed by atoms with Crippen LogP contribution in [0.25, 0.3) is 0 Å². The number of likely N-dealkylation sites (tertiary alicyclic amines) is 1. The van der Waals surface area contributed by atoms with E-state index in [2.05, 4.69) is 37.0 Å². The van der Waals surface area contributed by atoms with Crippen LogP contribution in [0.3, 0.4) is 0 Å². The number of ketones is 1. The first-order valence-corrected chi connectivity index (χ1v) is 11.0. The van der Waals surface area contributed by atoms with Gasteiger partial charge in [0.15, 0.2) is 0 Å². The fourth-order valence-corrected chi connectivity index (χ4v) is 4.53. The van der Waals surface area contributed by atoms with Crippen molar-refractivity contribution in [2.45, 2.75) is 65.6 Å². The molecule has 2 aliphatic rings. The van der Waals surface area contributed by atoms with Crippen molar-refractivity contribution in [2.24, 2.45) is 28.4 Å². The number of hydrogen-bond acceptors (Lipinski definition) is 5. The van der Waals surface area contributed by atoms with E-state index < -0.39 is 41.1 Å². The number of terminal acetylenes is 1. The highest BCUT2D eigenvalue weighted by Gasteiger charge is 2.69. The standard InChI is InChI=1S/C24H36N4O4/c1-8-10-11-15(18(29)21(31)26-12-9-2)27-20(30)17-16-14(24(16,6)7)13-28(17)22(32)19(25)23(3,4)5/h1,9,14-17,19H,2,10-13,25H2,3-7H3,(H,26,31)(H,27,30)/t14?,15?,16-,17-,19+/m0/s1. The Morgan fingerprint density at radius 1 is 1.31 bits per heavy atom. The van der Waals surface area contributed by atoms with Crippen molar-refractivity contribution < 1.29 is 19.2 Å². The van der Waals surface area contributed by atoms with Gasteiger partial charge in [0.05, 0.1) is 12.1 Å². The third kappa shape index (κ3) is 5.04. The van der Waals surface area contributed by atoms with Gasteiger partial charge >= 0.3 is 0 Å². The first kappa shape index (κ1) is 25.6. The highest BCUT2D eigenvalue weighted by molar-refractivity contribution is 6.38. The van der Waals surface area contributed by atoms with Gasteiger partial charge in [-0.25, -0.2) is 0 Å². The van der Waals surface area contributed by atoms with E-state index >= 15 is 0 Å². The minimum atomic E-state index is -1.07. The number of hydrogen-bond donors (Lipinski definition) is 3. The highest BCUT2D eigenvalue weighted by atomic mass is 16.2. The zero-order valence-electron chi connectivity index (χ0n) is 19.7. The maximum Gasteiger partial charge on any atom is 0.289 e. The van der Waals surface area contributed by atoms with E-state index in [-0.39, 0.29) is 42.5 Å². The van der Waals surface area contributed by atoms with Crippen molar-refractivity contribution in [1.82, 2.24) is 15.5 Å². The predicted molar refractivity (Wildman–Crippen MR) is 122 cm³/mol. The van der Waals surface area contributed by atoms with Gasteiger partial charge in [0, 0.05) is 19.5 Å². The van der Waals surface area contributed by atoms with Crippen LogP contribution in [-0.4, -0.2) is 59.6 Å². The first-order chi connectivity index (χ1) is 14.8. The second-order valence-electron chi connectivity index (χ2n) is 10.4. The van der Waals surface area contributed by atoms with Crippen LogP contribution in [0.4, 0.5) is 0 Å². The zero-order chi connectivity index (χ0) is 24.4. The number of nitrogens with two attached hydrogens (primary N) is 1. The molecule has 0 aromatic carbocycles. The molecule has 176 valence electrons. The van der Waals surface area contributed by atoms with Crippen LogP contribution in [0.5, 0.6) is 0 Å². The van der Waals surface area contributed by atoms with E-state index in [0.29, 0.717) is 6.54 Å². The molecule has 2 fully saturated rings. The number of fused-ring (bicyclic) bond motifs is 1. The van der Waals surface area contributed by atoms with Crippen LogP contribution in [0, 0.1) is 35.0 Å². The van der Waals surface area contributed by atoms with Crippen LogP contribution in [0.2, 0.25) is 0 Å². The Kier molecular flexibility index (Phi) is 7.56. The number of Topliss-reactive ketones (excluding diaryl/α,β-unsaturated/α-hetero) is 1. The Hall–Kier alpha value is -2.66. The van der Waals surface area contributed by atoms with Gasteiger partial charge in [0.2, 0.25) is 17.6 Å². The molecule has 32 heavy (non-hydrogen) atoms. The second kappa shape index (κ2) is 9.45. The zero-order valence-corrected chi connectivity index (χ0v) is 19.7. The number of piperidine rings is 1. The van der Waals surface area contributed by atoms with Gasteiger partial charge in [0.1, 0.15) is 6.04 Å². The van der Waals surface area contributed by atoms with Crippen molar-refractivity contribution in [2.75, 3.05) is 13.1 Å². The molecule has 2 unspecified atom stereocenters. The van der Waals surface area contributed by atoms with Crippen molar-refractivity contribution in [1.29, 1.82) is 0 Å². The van der Waals surface area contributed by atoms with E-state index in [0.717, 1.165) is 0 Å². The normalized spacial score (nSPS) is 25.0. The van der Waals surface area contributed by atoms with Crippen LogP contribution >= 0.6 is 0 Å². The van der Waals surface area contributed by atoms with Crippen LogP contribution < -0.4 is 16.4 Å². The molecule has 0 aromatic rings. The quantitative estimate of drug-likeness (QED) is 0.273. The summed E-state index contributed by atoms with van der Waals surface area (Å²) in [6.45, 7) is 13.8. The smallest absolute Gasteiger partial charge is 0.289 e. The molecule has 8 nitrogen and oxygen atoms in total. The molecule has 3 amide bonds. The topological polar surface area (TPSA) is 122 Å². The monoisotopic (exact) mass is 444 g/mol. The molecule has 1 aliphatic carbocycles. The first-order valence-electron chi connectivity index (χ1n) is 11.0. The third-order valence-electron chi connectivity index (χ3n) is 6.80. The molecule has 1 aliphatic heterocycles. The SMILES string of the molecule is C#CCCC(NC(=O)[C@@H]1[C@@H]2C(CN1C(=O)[C@@H](N)C(C)(C)C)C2(C)C)C(=O)C(=O)NCC=C. The number of amides is 3. The molecule has 4 N–H and O–H groups in total. The van der Waals surface area contributed by atoms with Crippen LogP contribution in [-0.2, 0) is 19.2 Å².